The van der Waals surface area contributed by atoms with Crippen LogP contribution >= 0.6 is 0 Å². The minimum absolute atomic E-state index is 0.0916. The number of carbonyl (C=O) groups is 1. The van der Waals surface area contributed by atoms with Gasteiger partial charge in [-0.25, -0.2) is 8.42 Å². The molecule has 1 saturated carbocycles. The lowest BCUT2D eigenvalue weighted by Gasteiger charge is -2.26. The summed E-state index contributed by atoms with van der Waals surface area (Å²) in [5.74, 6) is -0.0916. The number of nitrogens with one attached hydrogen (secondary N) is 1. The van der Waals surface area contributed by atoms with Crippen molar-refractivity contribution in [1.29, 1.82) is 0 Å². The Kier molecular flexibility index (Phi) is 4.33. The molecule has 0 aromatic heterocycles. The summed E-state index contributed by atoms with van der Waals surface area (Å²) < 4.78 is 24.9. The van der Waals surface area contributed by atoms with Crippen LogP contribution in [0.4, 0.5) is 5.69 Å². The van der Waals surface area contributed by atoms with E-state index in [9.17, 15) is 13.2 Å². The predicted molar refractivity (Wildman–Crippen MR) is 90.0 cm³/mol. The SMILES string of the molecule is CS(=O)(=O)N1CCc2cc(C(=O)NC3CCC(N)CC3)ccc21. The van der Waals surface area contributed by atoms with Gasteiger partial charge in [0.25, 0.3) is 5.91 Å². The van der Waals surface area contributed by atoms with Crippen molar-refractivity contribution in [3.05, 3.63) is 29.3 Å². The molecule has 126 valence electrons. The molecule has 1 amide bonds. The molecule has 0 saturated heterocycles. The van der Waals surface area contributed by atoms with Crippen LogP contribution in [0.2, 0.25) is 0 Å². The number of fused-ring (bicyclic) bond motifs is 1. The molecule has 23 heavy (non-hydrogen) atoms. The van der Waals surface area contributed by atoms with Crippen LogP contribution in [-0.2, 0) is 16.4 Å². The van der Waals surface area contributed by atoms with Crippen LogP contribution in [0.3, 0.4) is 0 Å². The van der Waals surface area contributed by atoms with Crippen molar-refractivity contribution in [2.24, 2.45) is 5.73 Å². The van der Waals surface area contributed by atoms with E-state index in [1.165, 1.54) is 10.6 Å². The van der Waals surface area contributed by atoms with E-state index in [1.54, 1.807) is 12.1 Å². The second-order valence-corrected chi connectivity index (χ2v) is 8.42. The van der Waals surface area contributed by atoms with E-state index >= 15 is 0 Å². The van der Waals surface area contributed by atoms with Crippen molar-refractivity contribution in [1.82, 2.24) is 5.32 Å². The highest BCUT2D eigenvalue weighted by Crippen LogP contribution is 2.30. The van der Waals surface area contributed by atoms with Crippen LogP contribution in [0.5, 0.6) is 0 Å². The lowest BCUT2D eigenvalue weighted by molar-refractivity contribution is 0.0926. The van der Waals surface area contributed by atoms with Gasteiger partial charge in [-0.2, -0.15) is 0 Å². The highest BCUT2D eigenvalue weighted by molar-refractivity contribution is 7.92. The smallest absolute Gasteiger partial charge is 0.251 e. The molecule has 0 atom stereocenters. The van der Waals surface area contributed by atoms with Crippen molar-refractivity contribution < 1.29 is 13.2 Å². The molecule has 2 aliphatic rings. The van der Waals surface area contributed by atoms with Crippen LogP contribution in [0, 0.1) is 0 Å². The van der Waals surface area contributed by atoms with E-state index in [-0.39, 0.29) is 18.0 Å². The number of nitrogens with two attached hydrogens (primary N) is 1. The summed E-state index contributed by atoms with van der Waals surface area (Å²) in [6, 6.07) is 5.68. The van der Waals surface area contributed by atoms with Gasteiger partial charge in [-0.05, 0) is 55.9 Å². The Labute approximate surface area is 137 Å². The van der Waals surface area contributed by atoms with Gasteiger partial charge in [-0.3, -0.25) is 9.10 Å². The number of amides is 1. The topological polar surface area (TPSA) is 92.5 Å². The first-order valence-corrected chi connectivity index (χ1v) is 9.86. The van der Waals surface area contributed by atoms with Crippen LogP contribution in [0.15, 0.2) is 18.2 Å². The van der Waals surface area contributed by atoms with Crippen LogP contribution < -0.4 is 15.4 Å². The Morgan fingerprint density at radius 1 is 1.26 bits per heavy atom. The predicted octanol–water partition coefficient (Wildman–Crippen LogP) is 1.01. The van der Waals surface area contributed by atoms with Crippen molar-refractivity contribution in [3.63, 3.8) is 0 Å². The average molecular weight is 337 g/mol. The zero-order chi connectivity index (χ0) is 16.6. The Balaban J connectivity index is 1.71. The van der Waals surface area contributed by atoms with Gasteiger partial charge in [-0.1, -0.05) is 0 Å². The maximum atomic E-state index is 12.4. The summed E-state index contributed by atoms with van der Waals surface area (Å²) in [5.41, 5.74) is 8.07. The second-order valence-electron chi connectivity index (χ2n) is 6.51. The van der Waals surface area contributed by atoms with Crippen molar-refractivity contribution in [3.8, 4) is 0 Å². The molecule has 0 spiro atoms. The summed E-state index contributed by atoms with van der Waals surface area (Å²) in [6.45, 7) is 0.444. The molecule has 1 aromatic rings. The van der Waals surface area contributed by atoms with Crippen molar-refractivity contribution >= 4 is 21.6 Å². The molecule has 3 N–H and O–H groups in total. The molecule has 1 heterocycles. The molecule has 1 aliphatic carbocycles. The fourth-order valence-electron chi connectivity index (χ4n) is 3.39. The number of nitrogens with zero attached hydrogens (tertiary/aromatic N) is 1. The first kappa shape index (κ1) is 16.3. The molecule has 1 fully saturated rings. The number of rotatable bonds is 3. The first-order valence-electron chi connectivity index (χ1n) is 8.01. The zero-order valence-electron chi connectivity index (χ0n) is 13.3. The minimum atomic E-state index is -3.26. The molecule has 0 unspecified atom stereocenters. The number of carbonyl (C=O) groups excluding carboxylic acids is 1. The number of sulfonamides is 1. The van der Waals surface area contributed by atoms with Gasteiger partial charge in [0.05, 0.1) is 11.9 Å². The Morgan fingerprint density at radius 2 is 1.96 bits per heavy atom. The van der Waals surface area contributed by atoms with E-state index in [4.69, 9.17) is 5.73 Å². The van der Waals surface area contributed by atoms with Gasteiger partial charge in [0.15, 0.2) is 0 Å². The number of benzene rings is 1. The summed E-state index contributed by atoms with van der Waals surface area (Å²) >= 11 is 0. The third-order valence-corrected chi connectivity index (χ3v) is 5.88. The standard InChI is InChI=1S/C16H23N3O3S/c1-23(21,22)19-9-8-11-10-12(2-7-15(11)19)16(20)18-14-5-3-13(17)4-6-14/h2,7,10,13-14H,3-6,8-9,17H2,1H3,(H,18,20). The van der Waals surface area contributed by atoms with Crippen LogP contribution in [0.25, 0.3) is 0 Å². The monoisotopic (exact) mass is 337 g/mol. The van der Waals surface area contributed by atoms with E-state index in [0.29, 0.717) is 24.2 Å². The lowest BCUT2D eigenvalue weighted by Crippen LogP contribution is -2.40. The van der Waals surface area contributed by atoms with Crippen LogP contribution in [0.1, 0.15) is 41.6 Å². The first-order chi connectivity index (χ1) is 10.8. The fraction of sp³-hybridized carbons (Fsp3) is 0.562. The summed E-state index contributed by atoms with van der Waals surface area (Å²) in [5, 5.41) is 3.06. The molecular formula is C16H23N3O3S. The van der Waals surface area contributed by atoms with Gasteiger partial charge in [0.2, 0.25) is 10.0 Å². The number of hydrogen-bond donors (Lipinski definition) is 2. The van der Waals surface area contributed by atoms with Crippen molar-refractivity contribution in [2.45, 2.75) is 44.2 Å². The van der Waals surface area contributed by atoms with Gasteiger partial charge in [0.1, 0.15) is 0 Å². The van der Waals surface area contributed by atoms with Crippen molar-refractivity contribution in [2.75, 3.05) is 17.1 Å². The molecule has 1 aromatic carbocycles. The summed E-state index contributed by atoms with van der Waals surface area (Å²) in [4.78, 5) is 12.4. The highest BCUT2D eigenvalue weighted by atomic mass is 32.2. The number of hydrogen-bond acceptors (Lipinski definition) is 4. The third-order valence-electron chi connectivity index (χ3n) is 4.70. The molecule has 7 heteroatoms. The van der Waals surface area contributed by atoms with E-state index in [0.717, 1.165) is 31.2 Å². The Bertz CT molecular complexity index is 709. The highest BCUT2D eigenvalue weighted by Gasteiger charge is 2.27. The molecule has 0 radical (unpaired) electrons. The fourth-order valence-corrected chi connectivity index (χ4v) is 4.35. The largest absolute Gasteiger partial charge is 0.349 e. The third kappa shape index (κ3) is 3.50. The van der Waals surface area contributed by atoms with Gasteiger partial charge < -0.3 is 11.1 Å². The Morgan fingerprint density at radius 3 is 2.61 bits per heavy atom. The molecule has 6 nitrogen and oxygen atoms in total. The normalized spacial score (nSPS) is 24.3. The quantitative estimate of drug-likeness (QED) is 0.861. The average Bonchev–Trinajstić information content (AvgIpc) is 2.92. The maximum Gasteiger partial charge on any atom is 0.251 e. The molecule has 3 rings (SSSR count). The molecule has 1 aliphatic heterocycles. The lowest BCUT2D eigenvalue weighted by atomic mass is 9.91. The van der Waals surface area contributed by atoms with Gasteiger partial charge >= 0.3 is 0 Å². The zero-order valence-corrected chi connectivity index (χ0v) is 14.1. The van der Waals surface area contributed by atoms with Gasteiger partial charge in [0, 0.05) is 24.2 Å². The molecular weight excluding hydrogens is 314 g/mol. The summed E-state index contributed by atoms with van der Waals surface area (Å²) in [7, 11) is -3.26. The minimum Gasteiger partial charge on any atom is -0.349 e. The van der Waals surface area contributed by atoms with E-state index in [1.807, 2.05) is 6.07 Å². The van der Waals surface area contributed by atoms with Crippen LogP contribution in [-0.4, -0.2) is 39.2 Å². The van der Waals surface area contributed by atoms with Gasteiger partial charge in [-0.15, -0.1) is 0 Å². The molecule has 0 bridgehead atoms. The Hall–Kier alpha value is -1.60. The van der Waals surface area contributed by atoms with E-state index in [2.05, 4.69) is 5.32 Å². The second kappa shape index (κ2) is 6.13. The van der Waals surface area contributed by atoms with E-state index < -0.39 is 10.0 Å². The summed E-state index contributed by atoms with van der Waals surface area (Å²) in [6.07, 6.45) is 5.56. The number of anilines is 1. The maximum absolute atomic E-state index is 12.4.